The van der Waals surface area contributed by atoms with Gasteiger partial charge in [0.2, 0.25) is 0 Å². The third-order valence-electron chi connectivity index (χ3n) is 1.90. The van der Waals surface area contributed by atoms with E-state index >= 15 is 0 Å². The van der Waals surface area contributed by atoms with Crippen LogP contribution in [0.15, 0.2) is 24.8 Å². The summed E-state index contributed by atoms with van der Waals surface area (Å²) in [5.41, 5.74) is 0.900. The number of hydrogen-bond acceptors (Lipinski definition) is 1. The second-order valence-electron chi connectivity index (χ2n) is 2.51. The molecule has 0 unspecified atom stereocenters. The second kappa shape index (κ2) is 1.99. The van der Waals surface area contributed by atoms with Gasteiger partial charge in [-0.3, -0.25) is 0 Å². The van der Waals surface area contributed by atoms with Gasteiger partial charge < -0.3 is 4.74 Å². The quantitative estimate of drug-likeness (QED) is 0.485. The Balaban J connectivity index is 2.78. The van der Waals surface area contributed by atoms with Gasteiger partial charge >= 0.3 is 0 Å². The molecule has 0 aromatic carbocycles. The van der Waals surface area contributed by atoms with Crippen molar-refractivity contribution < 1.29 is 4.74 Å². The zero-order valence-electron chi connectivity index (χ0n) is 5.81. The molecule has 0 radical (unpaired) electrons. The molecule has 1 rings (SSSR count). The Morgan fingerprint density at radius 2 is 2.44 bits per heavy atom. The van der Waals surface area contributed by atoms with Gasteiger partial charge in [-0.05, 0) is 18.9 Å². The van der Waals surface area contributed by atoms with Crippen molar-refractivity contribution in [3.8, 4) is 0 Å². The normalized spacial score (nSPS) is 35.0. The van der Waals surface area contributed by atoms with Crippen molar-refractivity contribution in [1.29, 1.82) is 0 Å². The van der Waals surface area contributed by atoms with Crippen LogP contribution in [0.2, 0.25) is 0 Å². The molecule has 0 aromatic heterocycles. The molecule has 0 saturated carbocycles. The summed E-state index contributed by atoms with van der Waals surface area (Å²) in [4.78, 5) is 0. The van der Waals surface area contributed by atoms with E-state index in [1.807, 2.05) is 13.0 Å². The van der Waals surface area contributed by atoms with Crippen molar-refractivity contribution >= 4 is 0 Å². The van der Waals surface area contributed by atoms with Crippen molar-refractivity contribution in [3.63, 3.8) is 0 Å². The fourth-order valence-electron chi connectivity index (χ4n) is 0.940. The van der Waals surface area contributed by atoms with E-state index in [0.717, 1.165) is 18.6 Å². The third-order valence-corrected chi connectivity index (χ3v) is 1.90. The lowest BCUT2D eigenvalue weighted by Gasteiger charge is -2.18. The van der Waals surface area contributed by atoms with Gasteiger partial charge in [0.05, 0.1) is 6.61 Å². The predicted molar refractivity (Wildman–Crippen MR) is 38.3 cm³/mol. The Labute approximate surface area is 56.0 Å². The molecule has 1 atom stereocenters. The average Bonchev–Trinajstić information content (AvgIpc) is 2.15. The topological polar surface area (TPSA) is 9.23 Å². The van der Waals surface area contributed by atoms with E-state index in [0.29, 0.717) is 0 Å². The van der Waals surface area contributed by atoms with Crippen LogP contribution in [0.4, 0.5) is 0 Å². The summed E-state index contributed by atoms with van der Waals surface area (Å²) < 4.78 is 5.38. The standard InChI is InChI=1S/C8H12O/c1-4-8(3)7(2)5-6-9-8/h4H,1-2,5-6H2,3H3/t8-/m1/s1. The highest BCUT2D eigenvalue weighted by molar-refractivity contribution is 5.22. The van der Waals surface area contributed by atoms with Crippen LogP contribution in [-0.4, -0.2) is 12.2 Å². The Morgan fingerprint density at radius 3 is 2.67 bits per heavy atom. The largest absolute Gasteiger partial charge is 0.367 e. The lowest BCUT2D eigenvalue weighted by atomic mass is 9.98. The molecular formula is C8H12O. The molecule has 1 heteroatoms. The fraction of sp³-hybridized carbons (Fsp3) is 0.500. The maximum atomic E-state index is 5.38. The van der Waals surface area contributed by atoms with Gasteiger partial charge in [-0.25, -0.2) is 0 Å². The zero-order valence-corrected chi connectivity index (χ0v) is 5.81. The van der Waals surface area contributed by atoms with E-state index in [4.69, 9.17) is 4.74 Å². The predicted octanol–water partition coefficient (Wildman–Crippen LogP) is 1.91. The Hall–Kier alpha value is -0.560. The minimum Gasteiger partial charge on any atom is -0.367 e. The van der Waals surface area contributed by atoms with Crippen LogP contribution in [0.3, 0.4) is 0 Å². The van der Waals surface area contributed by atoms with Crippen molar-refractivity contribution in [2.75, 3.05) is 6.61 Å². The van der Waals surface area contributed by atoms with Crippen LogP contribution in [0.25, 0.3) is 0 Å². The van der Waals surface area contributed by atoms with Crippen LogP contribution in [0, 0.1) is 0 Å². The maximum absolute atomic E-state index is 5.38. The van der Waals surface area contributed by atoms with Gasteiger partial charge in [0, 0.05) is 0 Å². The lowest BCUT2D eigenvalue weighted by molar-refractivity contribution is 0.0788. The Kier molecular flexibility index (Phi) is 1.45. The molecule has 50 valence electrons. The Morgan fingerprint density at radius 1 is 1.78 bits per heavy atom. The summed E-state index contributed by atoms with van der Waals surface area (Å²) in [7, 11) is 0. The van der Waals surface area contributed by atoms with E-state index in [1.165, 1.54) is 0 Å². The molecule has 0 N–H and O–H groups in total. The third kappa shape index (κ3) is 0.924. The minimum absolute atomic E-state index is 0.236. The summed E-state index contributed by atoms with van der Waals surface area (Å²) in [5, 5.41) is 0. The molecule has 9 heavy (non-hydrogen) atoms. The highest BCUT2D eigenvalue weighted by Gasteiger charge is 2.29. The molecular weight excluding hydrogens is 112 g/mol. The second-order valence-corrected chi connectivity index (χ2v) is 2.51. The first-order valence-electron chi connectivity index (χ1n) is 3.15. The summed E-state index contributed by atoms with van der Waals surface area (Å²) in [5.74, 6) is 0. The molecule has 0 spiro atoms. The van der Waals surface area contributed by atoms with Crippen LogP contribution in [0.1, 0.15) is 13.3 Å². The maximum Gasteiger partial charge on any atom is 0.104 e. The molecule has 1 heterocycles. The van der Waals surface area contributed by atoms with E-state index in [2.05, 4.69) is 13.2 Å². The average molecular weight is 124 g/mol. The lowest BCUT2D eigenvalue weighted by Crippen LogP contribution is -2.20. The van der Waals surface area contributed by atoms with Crippen LogP contribution < -0.4 is 0 Å². The molecule has 0 aliphatic carbocycles. The molecule has 1 fully saturated rings. The SMILES string of the molecule is C=C[C@@]1(C)OCCC1=C. The molecule has 0 aromatic rings. The van der Waals surface area contributed by atoms with Crippen molar-refractivity contribution in [3.05, 3.63) is 24.8 Å². The van der Waals surface area contributed by atoms with Crippen LogP contribution in [0.5, 0.6) is 0 Å². The zero-order chi connectivity index (χ0) is 6.91. The van der Waals surface area contributed by atoms with Gasteiger partial charge in [-0.1, -0.05) is 19.2 Å². The van der Waals surface area contributed by atoms with Crippen LogP contribution >= 0.6 is 0 Å². The van der Waals surface area contributed by atoms with Gasteiger partial charge in [0.25, 0.3) is 0 Å². The highest BCUT2D eigenvalue weighted by atomic mass is 16.5. The molecule has 1 saturated heterocycles. The molecule has 0 bridgehead atoms. The minimum atomic E-state index is -0.236. The summed E-state index contributed by atoms with van der Waals surface area (Å²) in [6.07, 6.45) is 2.78. The fourth-order valence-corrected chi connectivity index (χ4v) is 0.940. The first-order valence-corrected chi connectivity index (χ1v) is 3.15. The van der Waals surface area contributed by atoms with E-state index in [1.54, 1.807) is 0 Å². The van der Waals surface area contributed by atoms with E-state index < -0.39 is 0 Å². The monoisotopic (exact) mass is 124 g/mol. The van der Waals surface area contributed by atoms with Gasteiger partial charge in [-0.2, -0.15) is 0 Å². The van der Waals surface area contributed by atoms with Gasteiger partial charge in [-0.15, -0.1) is 0 Å². The first kappa shape index (κ1) is 6.56. The van der Waals surface area contributed by atoms with Crippen molar-refractivity contribution in [2.24, 2.45) is 0 Å². The van der Waals surface area contributed by atoms with Crippen molar-refractivity contribution in [1.82, 2.24) is 0 Å². The number of hydrogen-bond donors (Lipinski definition) is 0. The highest BCUT2D eigenvalue weighted by Crippen LogP contribution is 2.30. The molecule has 1 nitrogen and oxygen atoms in total. The summed E-state index contributed by atoms with van der Waals surface area (Å²) in [6.45, 7) is 10.3. The van der Waals surface area contributed by atoms with Gasteiger partial charge in [0.1, 0.15) is 5.60 Å². The Bertz CT molecular complexity index is 149. The van der Waals surface area contributed by atoms with Crippen LogP contribution in [-0.2, 0) is 4.74 Å². The molecule has 0 amide bonds. The molecule has 1 aliphatic rings. The van der Waals surface area contributed by atoms with Crippen molar-refractivity contribution in [2.45, 2.75) is 18.9 Å². The number of rotatable bonds is 1. The smallest absolute Gasteiger partial charge is 0.104 e. The first-order chi connectivity index (χ1) is 4.19. The van der Waals surface area contributed by atoms with E-state index in [9.17, 15) is 0 Å². The molecule has 1 aliphatic heterocycles. The van der Waals surface area contributed by atoms with Gasteiger partial charge in [0.15, 0.2) is 0 Å². The summed E-state index contributed by atoms with van der Waals surface area (Å²) in [6, 6.07) is 0. The number of ether oxygens (including phenoxy) is 1. The van der Waals surface area contributed by atoms with E-state index in [-0.39, 0.29) is 5.60 Å². The summed E-state index contributed by atoms with van der Waals surface area (Å²) >= 11 is 0.